The zero-order chi connectivity index (χ0) is 10.6. The molecular weight excluding hydrogens is 181 g/mol. The summed E-state index contributed by atoms with van der Waals surface area (Å²) in [7, 11) is 0. The van der Waals surface area contributed by atoms with E-state index in [-0.39, 0.29) is 11.9 Å². The smallest absolute Gasteiger partial charge is 0.211 e. The maximum absolute atomic E-state index is 12.8. The van der Waals surface area contributed by atoms with Crippen LogP contribution in [0, 0.1) is 12.7 Å². The summed E-state index contributed by atoms with van der Waals surface area (Å²) in [6.45, 7) is 3.73. The van der Waals surface area contributed by atoms with Gasteiger partial charge in [0.1, 0.15) is 5.82 Å². The second kappa shape index (κ2) is 4.68. The van der Waals surface area contributed by atoms with Crippen LogP contribution in [0.15, 0.2) is 23.2 Å². The van der Waals surface area contributed by atoms with E-state index in [4.69, 9.17) is 0 Å². The summed E-state index contributed by atoms with van der Waals surface area (Å²) >= 11 is 0. The SMILES string of the molecule is CC[C@@H](N=C=O)c1ccc(F)cc1C. The van der Waals surface area contributed by atoms with Crippen LogP contribution in [0.25, 0.3) is 0 Å². The number of hydrogen-bond donors (Lipinski definition) is 0. The van der Waals surface area contributed by atoms with E-state index in [1.165, 1.54) is 12.1 Å². The molecule has 1 aromatic carbocycles. The summed E-state index contributed by atoms with van der Waals surface area (Å²) in [5, 5.41) is 0. The van der Waals surface area contributed by atoms with Crippen molar-refractivity contribution in [3.8, 4) is 0 Å². The van der Waals surface area contributed by atoms with E-state index in [9.17, 15) is 9.18 Å². The van der Waals surface area contributed by atoms with Gasteiger partial charge in [-0.25, -0.2) is 9.18 Å². The number of rotatable bonds is 3. The van der Waals surface area contributed by atoms with Gasteiger partial charge in [0.2, 0.25) is 6.08 Å². The molecule has 0 saturated carbocycles. The van der Waals surface area contributed by atoms with Gasteiger partial charge in [0.25, 0.3) is 0 Å². The molecule has 74 valence electrons. The van der Waals surface area contributed by atoms with Gasteiger partial charge < -0.3 is 0 Å². The second-order valence-electron chi connectivity index (χ2n) is 3.15. The first-order chi connectivity index (χ1) is 6.69. The van der Waals surface area contributed by atoms with Crippen LogP contribution in [-0.4, -0.2) is 6.08 Å². The van der Waals surface area contributed by atoms with E-state index < -0.39 is 0 Å². The largest absolute Gasteiger partial charge is 0.235 e. The zero-order valence-electron chi connectivity index (χ0n) is 8.25. The lowest BCUT2D eigenvalue weighted by molar-refractivity contribution is 0.555. The summed E-state index contributed by atoms with van der Waals surface area (Å²) in [5.41, 5.74) is 1.70. The van der Waals surface area contributed by atoms with E-state index in [2.05, 4.69) is 4.99 Å². The van der Waals surface area contributed by atoms with Crippen LogP contribution in [0.5, 0.6) is 0 Å². The molecule has 2 nitrogen and oxygen atoms in total. The van der Waals surface area contributed by atoms with Gasteiger partial charge in [-0.3, -0.25) is 0 Å². The van der Waals surface area contributed by atoms with Crippen molar-refractivity contribution >= 4 is 6.08 Å². The monoisotopic (exact) mass is 193 g/mol. The Balaban J connectivity index is 3.10. The Labute approximate surface area is 82.5 Å². The van der Waals surface area contributed by atoms with E-state index in [1.807, 2.05) is 6.92 Å². The van der Waals surface area contributed by atoms with Crippen molar-refractivity contribution in [3.05, 3.63) is 35.1 Å². The Morgan fingerprint density at radius 1 is 1.57 bits per heavy atom. The predicted molar refractivity (Wildman–Crippen MR) is 52.3 cm³/mol. The maximum atomic E-state index is 12.8. The highest BCUT2D eigenvalue weighted by atomic mass is 19.1. The Morgan fingerprint density at radius 2 is 2.29 bits per heavy atom. The molecule has 0 radical (unpaired) electrons. The van der Waals surface area contributed by atoms with Crippen molar-refractivity contribution in [1.29, 1.82) is 0 Å². The Kier molecular flexibility index (Phi) is 3.55. The van der Waals surface area contributed by atoms with Gasteiger partial charge in [-0.2, -0.15) is 4.99 Å². The maximum Gasteiger partial charge on any atom is 0.235 e. The molecule has 1 aromatic rings. The average molecular weight is 193 g/mol. The van der Waals surface area contributed by atoms with E-state index in [0.29, 0.717) is 6.42 Å². The van der Waals surface area contributed by atoms with Gasteiger partial charge in [0.15, 0.2) is 0 Å². The minimum absolute atomic E-state index is 0.201. The molecule has 0 unspecified atom stereocenters. The van der Waals surface area contributed by atoms with Crippen LogP contribution in [0.1, 0.15) is 30.5 Å². The fraction of sp³-hybridized carbons (Fsp3) is 0.364. The van der Waals surface area contributed by atoms with Gasteiger partial charge in [-0.1, -0.05) is 13.0 Å². The standard InChI is InChI=1S/C11H12FNO/c1-3-11(13-7-14)10-5-4-9(12)6-8(10)2/h4-6,11H,3H2,1-2H3/t11-/m1/s1. The number of aryl methyl sites for hydroxylation is 1. The highest BCUT2D eigenvalue weighted by molar-refractivity contribution is 5.37. The Morgan fingerprint density at radius 3 is 2.79 bits per heavy atom. The third-order valence-corrected chi connectivity index (χ3v) is 2.19. The highest BCUT2D eigenvalue weighted by Gasteiger charge is 2.10. The first kappa shape index (κ1) is 10.6. The lowest BCUT2D eigenvalue weighted by Crippen LogP contribution is -1.97. The summed E-state index contributed by atoms with van der Waals surface area (Å²) in [4.78, 5) is 13.8. The molecule has 0 aromatic heterocycles. The summed E-state index contributed by atoms with van der Waals surface area (Å²) in [6.07, 6.45) is 2.25. The molecule has 0 aliphatic heterocycles. The van der Waals surface area contributed by atoms with Gasteiger partial charge in [-0.15, -0.1) is 0 Å². The average Bonchev–Trinajstić information content (AvgIpc) is 2.15. The number of benzene rings is 1. The molecule has 1 rings (SSSR count). The van der Waals surface area contributed by atoms with Crippen molar-refractivity contribution in [2.24, 2.45) is 4.99 Å². The van der Waals surface area contributed by atoms with Crippen molar-refractivity contribution < 1.29 is 9.18 Å². The molecule has 0 aliphatic carbocycles. The number of nitrogens with zero attached hydrogens (tertiary/aromatic N) is 1. The molecule has 0 heterocycles. The van der Waals surface area contributed by atoms with Crippen LogP contribution in [0.3, 0.4) is 0 Å². The molecule has 1 atom stereocenters. The third kappa shape index (κ3) is 2.27. The lowest BCUT2D eigenvalue weighted by atomic mass is 10.00. The van der Waals surface area contributed by atoms with Crippen LogP contribution < -0.4 is 0 Å². The van der Waals surface area contributed by atoms with E-state index >= 15 is 0 Å². The summed E-state index contributed by atoms with van der Waals surface area (Å²) in [5.74, 6) is -0.267. The predicted octanol–water partition coefficient (Wildman–Crippen LogP) is 2.92. The van der Waals surface area contributed by atoms with Crippen LogP contribution in [-0.2, 0) is 4.79 Å². The second-order valence-corrected chi connectivity index (χ2v) is 3.15. The van der Waals surface area contributed by atoms with Crippen LogP contribution >= 0.6 is 0 Å². The molecule has 0 aliphatic rings. The van der Waals surface area contributed by atoms with E-state index in [0.717, 1.165) is 11.1 Å². The van der Waals surface area contributed by atoms with Crippen molar-refractivity contribution in [1.82, 2.24) is 0 Å². The summed E-state index contributed by atoms with van der Waals surface area (Å²) in [6, 6.07) is 4.29. The lowest BCUT2D eigenvalue weighted by Gasteiger charge is -2.11. The number of aliphatic imine (C=N–C) groups is 1. The molecule has 3 heteroatoms. The first-order valence-corrected chi connectivity index (χ1v) is 4.52. The molecular formula is C11H12FNO. The van der Waals surface area contributed by atoms with Crippen LogP contribution in [0.2, 0.25) is 0 Å². The van der Waals surface area contributed by atoms with Crippen molar-refractivity contribution in [2.75, 3.05) is 0 Å². The van der Waals surface area contributed by atoms with Gasteiger partial charge in [-0.05, 0) is 36.6 Å². The first-order valence-electron chi connectivity index (χ1n) is 4.52. The fourth-order valence-electron chi connectivity index (χ4n) is 1.46. The molecule has 14 heavy (non-hydrogen) atoms. The van der Waals surface area contributed by atoms with Crippen LogP contribution in [0.4, 0.5) is 4.39 Å². The molecule has 0 amide bonds. The minimum Gasteiger partial charge on any atom is -0.211 e. The Bertz CT molecular complexity index is 370. The molecule has 0 N–H and O–H groups in total. The number of halogens is 1. The minimum atomic E-state index is -0.267. The van der Waals surface area contributed by atoms with Crippen molar-refractivity contribution in [3.63, 3.8) is 0 Å². The van der Waals surface area contributed by atoms with Gasteiger partial charge in [0, 0.05) is 0 Å². The third-order valence-electron chi connectivity index (χ3n) is 2.19. The molecule has 0 saturated heterocycles. The van der Waals surface area contributed by atoms with E-state index in [1.54, 1.807) is 19.1 Å². The van der Waals surface area contributed by atoms with Gasteiger partial charge in [0.05, 0.1) is 6.04 Å². The number of hydrogen-bond acceptors (Lipinski definition) is 2. The molecule has 0 bridgehead atoms. The fourth-order valence-corrected chi connectivity index (χ4v) is 1.46. The zero-order valence-corrected chi connectivity index (χ0v) is 8.25. The normalized spacial score (nSPS) is 11.9. The molecule has 0 spiro atoms. The molecule has 0 fully saturated rings. The summed E-state index contributed by atoms with van der Waals surface area (Å²) < 4.78 is 12.8. The highest BCUT2D eigenvalue weighted by Crippen LogP contribution is 2.24. The Hall–Kier alpha value is -1.47. The number of isocyanates is 1. The quantitative estimate of drug-likeness (QED) is 0.536. The number of carbonyl (C=O) groups excluding carboxylic acids is 1. The van der Waals surface area contributed by atoms with Crippen molar-refractivity contribution in [2.45, 2.75) is 26.3 Å². The van der Waals surface area contributed by atoms with Gasteiger partial charge >= 0.3 is 0 Å². The topological polar surface area (TPSA) is 29.4 Å².